The van der Waals surface area contributed by atoms with E-state index in [-0.39, 0.29) is 69.3 Å². The first-order chi connectivity index (χ1) is 22.6. The minimum Gasteiger partial charge on any atom is -0.486 e. The molecular weight excluding hydrogens is 661 g/mol. The third-order valence-electron chi connectivity index (χ3n) is 10.7. The molecule has 1 aromatic rings. The molecule has 3 amide bonds. The van der Waals surface area contributed by atoms with Gasteiger partial charge in [0, 0.05) is 0 Å². The summed E-state index contributed by atoms with van der Waals surface area (Å²) >= 11 is 0. The predicted molar refractivity (Wildman–Crippen MR) is 193 cm³/mol. The first-order valence-corrected chi connectivity index (χ1v) is 17.5. The number of nitrogens with two attached hydrogens (primary N) is 1. The molecule has 2 aliphatic heterocycles. The largest absolute Gasteiger partial charge is 0.486 e. The van der Waals surface area contributed by atoms with Crippen molar-refractivity contribution in [2.75, 3.05) is 13.1 Å². The number of ether oxygens (including phenoxy) is 3. The highest BCUT2D eigenvalue weighted by Gasteiger charge is 2.67. The number of carbonyl (C=O) groups excluding carboxylic acids is 4. The lowest BCUT2D eigenvalue weighted by Crippen LogP contribution is -2.65. The Morgan fingerprint density at radius 1 is 1.04 bits per heavy atom. The Bertz CT molecular complexity index is 1490. The van der Waals surface area contributed by atoms with Crippen molar-refractivity contribution in [2.24, 2.45) is 23.0 Å². The molecule has 0 radical (unpaired) electrons. The zero-order chi connectivity index (χ0) is 36.3. The molecule has 3 aliphatic carbocycles. The molecular formula is C36H56BN3O9S. The molecule has 12 nitrogen and oxygen atoms in total. The molecule has 278 valence electrons. The van der Waals surface area contributed by atoms with E-state index in [0.29, 0.717) is 35.9 Å². The molecule has 0 aromatic heterocycles. The van der Waals surface area contributed by atoms with Gasteiger partial charge in [0.2, 0.25) is 11.8 Å². The van der Waals surface area contributed by atoms with E-state index in [2.05, 4.69) is 26.1 Å². The van der Waals surface area contributed by atoms with E-state index in [1.165, 1.54) is 11.3 Å². The number of benzene rings is 1. The molecule has 3 saturated carbocycles. The Kier molecular flexibility index (Phi) is 11.3. The molecule has 0 spiro atoms. The van der Waals surface area contributed by atoms with Crippen LogP contribution in [0, 0.1) is 24.2 Å². The minimum absolute atomic E-state index is 0. The average Bonchev–Trinajstić information content (AvgIpc) is 3.27. The predicted octanol–water partition coefficient (Wildman–Crippen LogP) is 4.69. The minimum atomic E-state index is -1.22. The maximum Gasteiger partial charge on any atom is 0.457 e. The van der Waals surface area contributed by atoms with Crippen LogP contribution in [0.15, 0.2) is 12.1 Å². The van der Waals surface area contributed by atoms with Crippen LogP contribution in [0.5, 0.6) is 5.75 Å². The van der Waals surface area contributed by atoms with E-state index in [9.17, 15) is 19.2 Å². The normalized spacial score (nSPS) is 26.0. The van der Waals surface area contributed by atoms with Gasteiger partial charge < -0.3 is 39.5 Å². The zero-order valence-corrected chi connectivity index (χ0v) is 32.3. The summed E-state index contributed by atoms with van der Waals surface area (Å²) in [5.74, 6) is -0.155. The highest BCUT2D eigenvalue weighted by molar-refractivity contribution is 7.59. The molecule has 5 atom stereocenters. The molecule has 3 N–H and O–H groups in total. The Morgan fingerprint density at radius 3 is 2.26 bits per heavy atom. The van der Waals surface area contributed by atoms with E-state index < -0.39 is 35.2 Å². The van der Waals surface area contributed by atoms with Crippen LogP contribution in [-0.4, -0.2) is 84.0 Å². The van der Waals surface area contributed by atoms with E-state index in [1.54, 1.807) is 26.8 Å². The van der Waals surface area contributed by atoms with Gasteiger partial charge in [-0.05, 0) is 115 Å². The average molecular weight is 718 g/mol. The fourth-order valence-corrected chi connectivity index (χ4v) is 7.90. The molecule has 2 heterocycles. The number of aryl methyl sites for hydroxylation is 1. The van der Waals surface area contributed by atoms with Gasteiger partial charge in [0.1, 0.15) is 34.7 Å². The summed E-state index contributed by atoms with van der Waals surface area (Å²) in [5.41, 5.74) is 6.05. The number of nitrogens with zero attached hydrogens (tertiary/aromatic N) is 1. The second kappa shape index (κ2) is 14.2. The van der Waals surface area contributed by atoms with Crippen LogP contribution in [0.2, 0.25) is 6.32 Å². The van der Waals surface area contributed by atoms with Crippen LogP contribution in [0.3, 0.4) is 0 Å². The summed E-state index contributed by atoms with van der Waals surface area (Å²) in [7, 11) is -0.308. The van der Waals surface area contributed by atoms with Crippen LogP contribution < -0.4 is 15.8 Å². The topological polar surface area (TPSA) is 156 Å². The van der Waals surface area contributed by atoms with Crippen molar-refractivity contribution in [3.8, 4) is 5.75 Å². The van der Waals surface area contributed by atoms with E-state index in [1.807, 2.05) is 33.8 Å². The van der Waals surface area contributed by atoms with Crippen LogP contribution >= 0.6 is 13.5 Å². The van der Waals surface area contributed by atoms with Gasteiger partial charge in [-0.3, -0.25) is 9.59 Å². The molecule has 2 bridgehead atoms. The summed E-state index contributed by atoms with van der Waals surface area (Å²) in [6, 6.07) is 2.53. The van der Waals surface area contributed by atoms with Crippen molar-refractivity contribution >= 4 is 44.5 Å². The number of amides is 3. The molecule has 6 rings (SSSR count). The van der Waals surface area contributed by atoms with Crippen LogP contribution in [0.4, 0.5) is 4.79 Å². The molecule has 1 aromatic carbocycles. The Hall–Kier alpha value is -2.97. The SMILES string of the molecule is Cc1c(CCB2O[C@@H]3C[C@@H]4C[C@@H](C4(C)C)[C@]3(C)O2)ccc(OC2CN(C(=O)C[C@H](NC(=O)OC(C)(C)C)C(N)=O)C2)c1C(=O)OC(C)(C)C.S. The molecule has 50 heavy (non-hydrogen) atoms. The highest BCUT2D eigenvalue weighted by atomic mass is 32.1. The maximum atomic E-state index is 13.5. The van der Waals surface area contributed by atoms with Gasteiger partial charge in [-0.1, -0.05) is 19.9 Å². The van der Waals surface area contributed by atoms with Gasteiger partial charge in [0.15, 0.2) is 0 Å². The molecule has 14 heteroatoms. The first kappa shape index (κ1) is 39.8. The number of likely N-dealkylation sites (tertiary alicyclic amines) is 1. The van der Waals surface area contributed by atoms with E-state index >= 15 is 0 Å². The van der Waals surface area contributed by atoms with Crippen molar-refractivity contribution in [3.63, 3.8) is 0 Å². The quantitative estimate of drug-likeness (QED) is 0.259. The smallest absolute Gasteiger partial charge is 0.457 e. The lowest BCUT2D eigenvalue weighted by Gasteiger charge is -2.64. The van der Waals surface area contributed by atoms with Crippen molar-refractivity contribution in [2.45, 2.75) is 136 Å². The number of carbonyl (C=O) groups is 4. The number of hydrogen-bond acceptors (Lipinski definition) is 9. The number of alkyl carbamates (subject to hydrolysis) is 1. The second-order valence-corrected chi connectivity index (χ2v) is 17.0. The van der Waals surface area contributed by atoms with Crippen molar-refractivity contribution < 1.29 is 42.7 Å². The first-order valence-electron chi connectivity index (χ1n) is 17.5. The molecule has 5 aliphatic rings. The summed E-state index contributed by atoms with van der Waals surface area (Å²) in [6.45, 7) is 19.8. The Morgan fingerprint density at radius 2 is 1.68 bits per heavy atom. The molecule has 2 saturated heterocycles. The van der Waals surface area contributed by atoms with Gasteiger partial charge in [0.25, 0.3) is 0 Å². The lowest BCUT2D eigenvalue weighted by molar-refractivity contribution is -0.199. The Balaban J connectivity index is 0.00000562. The maximum absolute atomic E-state index is 13.5. The van der Waals surface area contributed by atoms with Gasteiger partial charge in [-0.15, -0.1) is 0 Å². The third kappa shape index (κ3) is 8.39. The highest BCUT2D eigenvalue weighted by Crippen LogP contribution is 2.65. The van der Waals surface area contributed by atoms with E-state index in [0.717, 1.165) is 17.5 Å². The van der Waals surface area contributed by atoms with Gasteiger partial charge in [0.05, 0.1) is 31.2 Å². The van der Waals surface area contributed by atoms with Crippen LogP contribution in [-0.2, 0) is 34.8 Å². The molecule has 0 unspecified atom stereocenters. The van der Waals surface area contributed by atoms with E-state index in [4.69, 9.17) is 29.3 Å². The number of rotatable bonds is 10. The summed E-state index contributed by atoms with van der Waals surface area (Å²) in [6.07, 6.45) is 2.11. The summed E-state index contributed by atoms with van der Waals surface area (Å²) < 4.78 is 30.3. The number of nitrogens with one attached hydrogen (secondary N) is 1. The lowest BCUT2D eigenvalue weighted by atomic mass is 9.43. The number of primary amides is 1. The fourth-order valence-electron chi connectivity index (χ4n) is 7.90. The van der Waals surface area contributed by atoms with Crippen molar-refractivity contribution in [1.82, 2.24) is 10.2 Å². The van der Waals surface area contributed by atoms with Gasteiger partial charge in [-0.2, -0.15) is 13.5 Å². The van der Waals surface area contributed by atoms with Crippen molar-refractivity contribution in [3.05, 3.63) is 28.8 Å². The fraction of sp³-hybridized carbons (Fsp3) is 0.722. The second-order valence-electron chi connectivity index (χ2n) is 17.0. The standard InChI is InChI=1S/C36H54BN3O9.H2S/c1-20-21(13-14-37-48-27-16-22-15-26(35(22,8)9)36(27,10)49-37)11-12-25(29(20)31(43)46-33(2,3)4)45-23-18-40(19-23)28(41)17-24(30(38)42)39-32(44)47-34(5,6)7;/h11-12,22-24,26-27H,13-19H2,1-10H3,(H2,38,42)(H,39,44);1H2/t22-,24-,26-,27+,36-;/m0./s1. The molecule has 5 fully saturated rings. The van der Waals surface area contributed by atoms with Gasteiger partial charge >= 0.3 is 19.2 Å². The summed E-state index contributed by atoms with van der Waals surface area (Å²) in [4.78, 5) is 52.1. The van der Waals surface area contributed by atoms with Crippen LogP contribution in [0.25, 0.3) is 0 Å². The van der Waals surface area contributed by atoms with Crippen LogP contribution in [0.1, 0.15) is 103 Å². The number of esters is 1. The summed E-state index contributed by atoms with van der Waals surface area (Å²) in [5, 5.41) is 2.38. The van der Waals surface area contributed by atoms with Gasteiger partial charge in [-0.25, -0.2) is 9.59 Å². The zero-order valence-electron chi connectivity index (χ0n) is 31.3. The Labute approximate surface area is 303 Å². The monoisotopic (exact) mass is 717 g/mol. The number of hydrogen-bond donors (Lipinski definition) is 2. The van der Waals surface area contributed by atoms with Crippen molar-refractivity contribution in [1.29, 1.82) is 0 Å². The third-order valence-corrected chi connectivity index (χ3v) is 10.7.